The molecular weight excluding hydrogens is 473 g/mol. The summed E-state index contributed by atoms with van der Waals surface area (Å²) in [6.07, 6.45) is 0. The van der Waals surface area contributed by atoms with E-state index in [1.807, 2.05) is 0 Å². The standard InChI is InChI=1S/C15H12BrCl2NO6S/c1-24-12-6-10(18)9(16)5-13(12)26(22,23)19-11-4-7(17)3-8(14(11)20)15(21)25-2/h3-6,19-20H,1-2H3. The molecule has 0 aromatic heterocycles. The predicted octanol–water partition coefficient (Wildman–Crippen LogP) is 4.06. The first-order valence-corrected chi connectivity index (χ1v) is 9.80. The molecule has 0 bridgehead atoms. The van der Waals surface area contributed by atoms with Gasteiger partial charge < -0.3 is 14.6 Å². The molecule has 7 nitrogen and oxygen atoms in total. The average Bonchev–Trinajstić information content (AvgIpc) is 2.58. The minimum atomic E-state index is -4.22. The Morgan fingerprint density at radius 2 is 1.85 bits per heavy atom. The fourth-order valence-corrected chi connectivity index (χ4v) is 4.12. The van der Waals surface area contributed by atoms with E-state index < -0.39 is 21.7 Å². The molecule has 2 aromatic carbocycles. The number of sulfonamides is 1. The number of phenolic OH excluding ortho intramolecular Hbond substituents is 1. The maximum atomic E-state index is 12.7. The second kappa shape index (κ2) is 7.91. The summed E-state index contributed by atoms with van der Waals surface area (Å²) in [7, 11) is -1.82. The van der Waals surface area contributed by atoms with E-state index >= 15 is 0 Å². The summed E-state index contributed by atoms with van der Waals surface area (Å²) < 4.78 is 37.5. The van der Waals surface area contributed by atoms with Crippen molar-refractivity contribution in [2.24, 2.45) is 0 Å². The predicted molar refractivity (Wildman–Crippen MR) is 101 cm³/mol. The number of anilines is 1. The minimum absolute atomic E-state index is 0.0135. The number of phenols is 1. The van der Waals surface area contributed by atoms with Crippen LogP contribution in [-0.4, -0.2) is 33.7 Å². The molecule has 0 atom stereocenters. The molecule has 0 aliphatic carbocycles. The SMILES string of the molecule is COC(=O)c1cc(Cl)cc(NS(=O)(=O)c2cc(Br)c(Cl)cc2OC)c1O. The Labute approximate surface area is 168 Å². The van der Waals surface area contributed by atoms with Crippen LogP contribution in [0.25, 0.3) is 0 Å². The lowest BCUT2D eigenvalue weighted by atomic mass is 10.2. The van der Waals surface area contributed by atoms with Crippen LogP contribution in [0.4, 0.5) is 5.69 Å². The fraction of sp³-hybridized carbons (Fsp3) is 0.133. The zero-order chi connectivity index (χ0) is 19.6. The molecule has 140 valence electrons. The number of hydrogen-bond acceptors (Lipinski definition) is 6. The largest absolute Gasteiger partial charge is 0.505 e. The van der Waals surface area contributed by atoms with Crippen molar-refractivity contribution in [3.05, 3.63) is 44.3 Å². The number of rotatable bonds is 5. The quantitative estimate of drug-likeness (QED) is 0.490. The van der Waals surface area contributed by atoms with E-state index in [9.17, 15) is 18.3 Å². The number of benzene rings is 2. The molecule has 2 aromatic rings. The highest BCUT2D eigenvalue weighted by atomic mass is 79.9. The van der Waals surface area contributed by atoms with Gasteiger partial charge in [-0.3, -0.25) is 4.72 Å². The van der Waals surface area contributed by atoms with Gasteiger partial charge in [-0.05, 0) is 34.1 Å². The zero-order valence-electron chi connectivity index (χ0n) is 13.3. The summed E-state index contributed by atoms with van der Waals surface area (Å²) >= 11 is 15.0. The van der Waals surface area contributed by atoms with Crippen molar-refractivity contribution in [3.63, 3.8) is 0 Å². The first kappa shape index (κ1) is 20.6. The van der Waals surface area contributed by atoms with Crippen molar-refractivity contribution in [1.82, 2.24) is 0 Å². The molecule has 0 radical (unpaired) electrons. The Bertz CT molecular complexity index is 981. The van der Waals surface area contributed by atoms with Gasteiger partial charge in [-0.1, -0.05) is 23.2 Å². The zero-order valence-corrected chi connectivity index (χ0v) is 17.3. The number of ether oxygens (including phenoxy) is 2. The number of esters is 1. The molecule has 26 heavy (non-hydrogen) atoms. The van der Waals surface area contributed by atoms with E-state index in [1.165, 1.54) is 19.2 Å². The Morgan fingerprint density at radius 1 is 1.19 bits per heavy atom. The molecule has 0 spiro atoms. The van der Waals surface area contributed by atoms with Crippen molar-refractivity contribution < 1.29 is 27.8 Å². The lowest BCUT2D eigenvalue weighted by Gasteiger charge is -2.15. The van der Waals surface area contributed by atoms with Crippen LogP contribution < -0.4 is 9.46 Å². The van der Waals surface area contributed by atoms with Gasteiger partial charge in [-0.15, -0.1) is 0 Å². The van der Waals surface area contributed by atoms with Crippen molar-refractivity contribution >= 4 is 60.8 Å². The van der Waals surface area contributed by atoms with E-state index in [1.54, 1.807) is 0 Å². The van der Waals surface area contributed by atoms with Crippen LogP contribution in [0, 0.1) is 0 Å². The van der Waals surface area contributed by atoms with Crippen LogP contribution in [0.3, 0.4) is 0 Å². The summed E-state index contributed by atoms with van der Waals surface area (Å²) in [5, 5.41) is 10.5. The minimum Gasteiger partial charge on any atom is -0.505 e. The summed E-state index contributed by atoms with van der Waals surface area (Å²) in [6, 6.07) is 4.86. The van der Waals surface area contributed by atoms with Gasteiger partial charge in [0.2, 0.25) is 0 Å². The summed E-state index contributed by atoms with van der Waals surface area (Å²) in [4.78, 5) is 11.5. The molecule has 0 saturated carbocycles. The topological polar surface area (TPSA) is 102 Å². The highest BCUT2D eigenvalue weighted by Crippen LogP contribution is 2.37. The van der Waals surface area contributed by atoms with Gasteiger partial charge in [0.25, 0.3) is 10.0 Å². The smallest absolute Gasteiger partial charge is 0.341 e. The number of hydrogen-bond donors (Lipinski definition) is 2. The molecule has 0 aliphatic rings. The van der Waals surface area contributed by atoms with Gasteiger partial charge in [0.05, 0.1) is 24.9 Å². The van der Waals surface area contributed by atoms with Crippen LogP contribution in [-0.2, 0) is 14.8 Å². The van der Waals surface area contributed by atoms with Crippen molar-refractivity contribution in [3.8, 4) is 11.5 Å². The van der Waals surface area contributed by atoms with E-state index in [0.717, 1.165) is 19.2 Å². The number of aromatic hydroxyl groups is 1. The van der Waals surface area contributed by atoms with Gasteiger partial charge in [-0.2, -0.15) is 0 Å². The molecule has 0 saturated heterocycles. The molecule has 2 rings (SSSR count). The molecule has 0 aliphatic heterocycles. The summed E-state index contributed by atoms with van der Waals surface area (Å²) in [5.41, 5.74) is -0.590. The first-order valence-electron chi connectivity index (χ1n) is 6.77. The second-order valence-electron chi connectivity index (χ2n) is 4.86. The van der Waals surface area contributed by atoms with Crippen LogP contribution in [0.5, 0.6) is 11.5 Å². The monoisotopic (exact) mass is 483 g/mol. The molecular formula is C15H12BrCl2NO6S. The highest BCUT2D eigenvalue weighted by Gasteiger charge is 2.25. The van der Waals surface area contributed by atoms with E-state index in [0.29, 0.717) is 4.47 Å². The fourth-order valence-electron chi connectivity index (χ4n) is 2.02. The van der Waals surface area contributed by atoms with Gasteiger partial charge in [0.1, 0.15) is 16.2 Å². The second-order valence-corrected chi connectivity index (χ2v) is 8.21. The number of carbonyl (C=O) groups is 1. The van der Waals surface area contributed by atoms with Gasteiger partial charge in [0.15, 0.2) is 5.75 Å². The number of nitrogens with one attached hydrogen (secondary N) is 1. The maximum absolute atomic E-state index is 12.7. The van der Waals surface area contributed by atoms with E-state index in [4.69, 9.17) is 27.9 Å². The third kappa shape index (κ3) is 4.17. The Balaban J connectivity index is 2.57. The van der Waals surface area contributed by atoms with Gasteiger partial charge >= 0.3 is 5.97 Å². The first-order chi connectivity index (χ1) is 12.1. The number of carbonyl (C=O) groups excluding carboxylic acids is 1. The molecule has 11 heteroatoms. The van der Waals surface area contributed by atoms with Gasteiger partial charge in [0, 0.05) is 15.6 Å². The normalized spacial score (nSPS) is 11.1. The van der Waals surface area contributed by atoms with E-state index in [-0.39, 0.29) is 31.9 Å². The van der Waals surface area contributed by atoms with Crippen molar-refractivity contribution in [1.29, 1.82) is 0 Å². The van der Waals surface area contributed by atoms with Crippen LogP contribution in [0.2, 0.25) is 10.0 Å². The molecule has 0 fully saturated rings. The Morgan fingerprint density at radius 3 is 2.42 bits per heavy atom. The molecule has 0 heterocycles. The van der Waals surface area contributed by atoms with E-state index in [2.05, 4.69) is 25.4 Å². The Kier molecular flexibility index (Phi) is 6.28. The summed E-state index contributed by atoms with van der Waals surface area (Å²) in [5.74, 6) is -1.52. The highest BCUT2D eigenvalue weighted by molar-refractivity contribution is 9.10. The maximum Gasteiger partial charge on any atom is 0.341 e. The van der Waals surface area contributed by atoms with Crippen molar-refractivity contribution in [2.45, 2.75) is 4.90 Å². The number of halogens is 3. The number of methoxy groups -OCH3 is 2. The molecule has 0 amide bonds. The third-order valence-electron chi connectivity index (χ3n) is 3.22. The van der Waals surface area contributed by atoms with Crippen LogP contribution >= 0.6 is 39.1 Å². The average molecular weight is 485 g/mol. The van der Waals surface area contributed by atoms with Crippen molar-refractivity contribution in [2.75, 3.05) is 18.9 Å². The lowest BCUT2D eigenvalue weighted by molar-refractivity contribution is 0.0597. The Hall–Kier alpha value is -1.68. The van der Waals surface area contributed by atoms with Crippen LogP contribution in [0.1, 0.15) is 10.4 Å². The summed E-state index contributed by atoms with van der Waals surface area (Å²) in [6.45, 7) is 0. The van der Waals surface area contributed by atoms with Crippen LogP contribution in [0.15, 0.2) is 33.6 Å². The molecule has 0 unspecified atom stereocenters. The lowest BCUT2D eigenvalue weighted by Crippen LogP contribution is -2.15. The van der Waals surface area contributed by atoms with Gasteiger partial charge in [-0.25, -0.2) is 13.2 Å². The third-order valence-corrected chi connectivity index (χ3v) is 6.02. The molecule has 2 N–H and O–H groups in total.